The fourth-order valence-electron chi connectivity index (χ4n) is 2.67. The number of nitrogens with one attached hydrogen (secondary N) is 2. The third-order valence-electron chi connectivity index (χ3n) is 3.81. The van der Waals surface area contributed by atoms with Crippen molar-refractivity contribution < 1.29 is 4.79 Å². The van der Waals surface area contributed by atoms with Gasteiger partial charge in [-0.3, -0.25) is 4.79 Å². The Morgan fingerprint density at radius 3 is 3.00 bits per heavy atom. The Bertz CT molecular complexity index is 1120. The molecule has 0 aliphatic carbocycles. The van der Waals surface area contributed by atoms with Crippen LogP contribution in [-0.4, -0.2) is 36.7 Å². The largest absolute Gasteiger partial charge is 0.361 e. The number of benzene rings is 1. The van der Waals surface area contributed by atoms with E-state index in [4.69, 9.17) is 0 Å². The van der Waals surface area contributed by atoms with Crippen LogP contribution >= 0.6 is 0 Å². The van der Waals surface area contributed by atoms with Crippen molar-refractivity contribution in [3.05, 3.63) is 59.3 Å². The number of hydrazone groups is 1. The second-order valence-electron chi connectivity index (χ2n) is 5.67. The predicted octanol–water partition coefficient (Wildman–Crippen LogP) is 1.99. The van der Waals surface area contributed by atoms with Crippen LogP contribution in [0.5, 0.6) is 0 Å². The van der Waals surface area contributed by atoms with E-state index in [-0.39, 0.29) is 5.82 Å². The van der Waals surface area contributed by atoms with E-state index in [2.05, 4.69) is 30.6 Å². The number of hydrogen-bond donors (Lipinski definition) is 2. The van der Waals surface area contributed by atoms with Crippen LogP contribution in [0, 0.1) is 13.8 Å². The van der Waals surface area contributed by atoms with Gasteiger partial charge in [-0.1, -0.05) is 18.2 Å². The zero-order valence-corrected chi connectivity index (χ0v) is 13.7. The van der Waals surface area contributed by atoms with E-state index < -0.39 is 5.91 Å². The summed E-state index contributed by atoms with van der Waals surface area (Å²) in [5.41, 5.74) is 6.02. The number of fused-ring (bicyclic) bond motifs is 2. The molecule has 4 aromatic rings. The highest BCUT2D eigenvalue weighted by Crippen LogP contribution is 2.15. The van der Waals surface area contributed by atoms with Gasteiger partial charge >= 0.3 is 5.91 Å². The Balaban J connectivity index is 1.55. The van der Waals surface area contributed by atoms with E-state index in [0.717, 1.165) is 27.9 Å². The van der Waals surface area contributed by atoms with Gasteiger partial charge in [-0.25, -0.2) is 14.9 Å². The van der Waals surface area contributed by atoms with Crippen molar-refractivity contribution in [2.75, 3.05) is 0 Å². The molecule has 2 N–H and O–H groups in total. The van der Waals surface area contributed by atoms with E-state index in [9.17, 15) is 4.79 Å². The second kappa shape index (κ2) is 5.82. The number of hydrogen-bond acceptors (Lipinski definition) is 5. The van der Waals surface area contributed by atoms with Crippen LogP contribution in [0.15, 0.2) is 41.6 Å². The number of aryl methyl sites for hydroxylation is 2. The monoisotopic (exact) mass is 333 g/mol. The molecule has 0 radical (unpaired) electrons. The first kappa shape index (κ1) is 15.0. The average Bonchev–Trinajstić information content (AvgIpc) is 3.19. The standard InChI is InChI=1S/C17H15N7O/c1-10-7-11(2)24-17(20-10)21-15(23-24)16(25)22-19-9-12-8-18-14-6-4-3-5-13(12)14/h3-9,18H,1-2H3,(H,22,25). The molecule has 0 aliphatic rings. The Labute approximate surface area is 142 Å². The average molecular weight is 333 g/mol. The summed E-state index contributed by atoms with van der Waals surface area (Å²) < 4.78 is 1.53. The van der Waals surface area contributed by atoms with Crippen molar-refractivity contribution in [1.82, 2.24) is 30.0 Å². The first-order valence-electron chi connectivity index (χ1n) is 7.72. The summed E-state index contributed by atoms with van der Waals surface area (Å²) in [6.45, 7) is 3.75. The summed E-state index contributed by atoms with van der Waals surface area (Å²) in [5.74, 6) is -0.0702. The maximum absolute atomic E-state index is 12.2. The highest BCUT2D eigenvalue weighted by molar-refractivity contribution is 5.99. The molecule has 1 amide bonds. The molecule has 0 bridgehead atoms. The fourth-order valence-corrected chi connectivity index (χ4v) is 2.67. The Kier molecular flexibility index (Phi) is 3.50. The molecule has 1 aromatic carbocycles. The van der Waals surface area contributed by atoms with E-state index in [1.165, 1.54) is 4.52 Å². The van der Waals surface area contributed by atoms with Gasteiger partial charge in [0.15, 0.2) is 0 Å². The molecule has 3 heterocycles. The molecule has 3 aromatic heterocycles. The van der Waals surface area contributed by atoms with Crippen LogP contribution in [0.2, 0.25) is 0 Å². The smallest absolute Gasteiger partial charge is 0.311 e. The number of aromatic nitrogens is 5. The van der Waals surface area contributed by atoms with Crippen molar-refractivity contribution in [2.24, 2.45) is 5.10 Å². The zero-order chi connectivity index (χ0) is 17.4. The lowest BCUT2D eigenvalue weighted by Gasteiger charge is -1.97. The Hall–Kier alpha value is -3.55. The van der Waals surface area contributed by atoms with Crippen LogP contribution in [-0.2, 0) is 0 Å². The molecule has 25 heavy (non-hydrogen) atoms. The summed E-state index contributed by atoms with van der Waals surface area (Å²) in [4.78, 5) is 23.8. The molecule has 124 valence electrons. The molecule has 0 atom stereocenters. The lowest BCUT2D eigenvalue weighted by atomic mass is 10.2. The maximum atomic E-state index is 12.2. The van der Waals surface area contributed by atoms with Crippen molar-refractivity contribution >= 4 is 28.8 Å². The molecule has 8 heteroatoms. The van der Waals surface area contributed by atoms with Gasteiger partial charge in [0.05, 0.1) is 6.21 Å². The molecule has 0 saturated heterocycles. The summed E-state index contributed by atoms with van der Waals surface area (Å²) in [5, 5.41) is 9.20. The topological polar surface area (TPSA) is 100 Å². The maximum Gasteiger partial charge on any atom is 0.311 e. The van der Waals surface area contributed by atoms with Crippen molar-refractivity contribution in [1.29, 1.82) is 0 Å². The van der Waals surface area contributed by atoms with Crippen molar-refractivity contribution in [2.45, 2.75) is 13.8 Å². The number of nitrogens with zero attached hydrogens (tertiary/aromatic N) is 5. The lowest BCUT2D eigenvalue weighted by molar-refractivity contribution is 0.0945. The minimum absolute atomic E-state index is 0.0253. The van der Waals surface area contributed by atoms with E-state index in [0.29, 0.717) is 5.78 Å². The quantitative estimate of drug-likeness (QED) is 0.442. The number of amides is 1. The minimum atomic E-state index is -0.487. The van der Waals surface area contributed by atoms with Gasteiger partial charge in [-0.2, -0.15) is 10.1 Å². The van der Waals surface area contributed by atoms with Gasteiger partial charge in [0.1, 0.15) is 0 Å². The molecule has 0 spiro atoms. The predicted molar refractivity (Wildman–Crippen MR) is 93.6 cm³/mol. The highest BCUT2D eigenvalue weighted by atomic mass is 16.2. The SMILES string of the molecule is Cc1cc(C)n2nc(C(=O)NN=Cc3c[nH]c4ccccc34)nc2n1. The Morgan fingerprint density at radius 1 is 1.28 bits per heavy atom. The summed E-state index contributed by atoms with van der Waals surface area (Å²) in [6.07, 6.45) is 3.42. The molecule has 8 nitrogen and oxygen atoms in total. The van der Waals surface area contributed by atoms with Crippen LogP contribution in [0.4, 0.5) is 0 Å². The summed E-state index contributed by atoms with van der Waals surface area (Å²) in [6, 6.07) is 9.73. The number of rotatable bonds is 3. The molecule has 4 rings (SSSR count). The summed E-state index contributed by atoms with van der Waals surface area (Å²) >= 11 is 0. The molecular weight excluding hydrogens is 318 g/mol. The third kappa shape index (κ3) is 2.74. The first-order chi connectivity index (χ1) is 12.1. The van der Waals surface area contributed by atoms with Gasteiger partial charge in [0.2, 0.25) is 5.82 Å². The minimum Gasteiger partial charge on any atom is -0.361 e. The van der Waals surface area contributed by atoms with Crippen molar-refractivity contribution in [3.63, 3.8) is 0 Å². The molecule has 0 unspecified atom stereocenters. The molecule has 0 aliphatic heterocycles. The molecular formula is C17H15N7O. The number of H-pyrrole nitrogens is 1. The normalized spacial score (nSPS) is 11.6. The first-order valence-corrected chi connectivity index (χ1v) is 7.72. The summed E-state index contributed by atoms with van der Waals surface area (Å²) in [7, 11) is 0. The number of carbonyl (C=O) groups is 1. The lowest BCUT2D eigenvalue weighted by Crippen LogP contribution is -2.19. The Morgan fingerprint density at radius 2 is 2.12 bits per heavy atom. The van der Waals surface area contributed by atoms with Crippen LogP contribution < -0.4 is 5.43 Å². The van der Waals surface area contributed by atoms with Gasteiger partial charge in [-0.05, 0) is 26.0 Å². The van der Waals surface area contributed by atoms with E-state index in [1.807, 2.05) is 50.4 Å². The highest BCUT2D eigenvalue weighted by Gasteiger charge is 2.14. The van der Waals surface area contributed by atoms with Crippen LogP contribution in [0.1, 0.15) is 27.6 Å². The third-order valence-corrected chi connectivity index (χ3v) is 3.81. The zero-order valence-electron chi connectivity index (χ0n) is 13.7. The second-order valence-corrected chi connectivity index (χ2v) is 5.67. The van der Waals surface area contributed by atoms with Gasteiger partial charge in [0, 0.05) is 34.1 Å². The number of para-hydroxylation sites is 1. The molecule has 0 fully saturated rings. The fraction of sp³-hybridized carbons (Fsp3) is 0.118. The van der Waals surface area contributed by atoms with Crippen LogP contribution in [0.25, 0.3) is 16.7 Å². The number of carbonyl (C=O) groups excluding carboxylic acids is 1. The van der Waals surface area contributed by atoms with Gasteiger partial charge in [0.25, 0.3) is 5.78 Å². The van der Waals surface area contributed by atoms with E-state index in [1.54, 1.807) is 6.21 Å². The van der Waals surface area contributed by atoms with Gasteiger partial charge < -0.3 is 4.98 Å². The van der Waals surface area contributed by atoms with E-state index >= 15 is 0 Å². The number of aromatic amines is 1. The molecule has 0 saturated carbocycles. The van der Waals surface area contributed by atoms with Gasteiger partial charge in [-0.15, -0.1) is 5.10 Å². The van der Waals surface area contributed by atoms with Crippen molar-refractivity contribution in [3.8, 4) is 0 Å². The van der Waals surface area contributed by atoms with Crippen LogP contribution in [0.3, 0.4) is 0 Å².